The Morgan fingerprint density at radius 1 is 1.33 bits per heavy atom. The average molecular weight is 250 g/mol. The normalized spacial score (nSPS) is 10.1. The Bertz CT molecular complexity index is 391. The van der Waals surface area contributed by atoms with Gasteiger partial charge in [-0.05, 0) is 25.5 Å². The predicted octanol–water partition coefficient (Wildman–Crippen LogP) is 2.59. The summed E-state index contributed by atoms with van der Waals surface area (Å²) in [6.45, 7) is 5.24. The molecule has 0 spiro atoms. The van der Waals surface area contributed by atoms with Crippen molar-refractivity contribution in [3.05, 3.63) is 23.8 Å². The highest BCUT2D eigenvalue weighted by atomic mass is 16.5. The Morgan fingerprint density at radius 2 is 2.11 bits per heavy atom. The zero-order chi connectivity index (χ0) is 13.4. The van der Waals surface area contributed by atoms with Crippen LogP contribution in [-0.2, 0) is 0 Å². The zero-order valence-corrected chi connectivity index (χ0v) is 11.2. The Kier molecular flexibility index (Phi) is 6.05. The highest BCUT2D eigenvalue weighted by Gasteiger charge is 2.11. The summed E-state index contributed by atoms with van der Waals surface area (Å²) in [7, 11) is 0. The van der Waals surface area contributed by atoms with Crippen molar-refractivity contribution in [2.24, 2.45) is 0 Å². The van der Waals surface area contributed by atoms with Gasteiger partial charge in [-0.3, -0.25) is 4.79 Å². The van der Waals surface area contributed by atoms with E-state index in [1.165, 1.54) is 0 Å². The van der Waals surface area contributed by atoms with E-state index in [1.807, 2.05) is 6.92 Å². The molecule has 0 aliphatic carbocycles. The standard InChI is InChI=1S/C14H22N2O2/c1-3-5-6-9-18-13-10-11(15)7-8-12(13)14(17)16-4-2/h7-8,10H,3-6,9,15H2,1-2H3,(H,16,17). The van der Waals surface area contributed by atoms with E-state index >= 15 is 0 Å². The van der Waals surface area contributed by atoms with E-state index in [0.717, 1.165) is 19.3 Å². The summed E-state index contributed by atoms with van der Waals surface area (Å²) in [6.07, 6.45) is 3.25. The first-order valence-electron chi connectivity index (χ1n) is 6.49. The maximum absolute atomic E-state index is 11.8. The molecule has 100 valence electrons. The van der Waals surface area contributed by atoms with Gasteiger partial charge < -0.3 is 15.8 Å². The van der Waals surface area contributed by atoms with Gasteiger partial charge in [0.05, 0.1) is 12.2 Å². The second kappa shape index (κ2) is 7.58. The number of hydrogen-bond donors (Lipinski definition) is 2. The Morgan fingerprint density at radius 3 is 2.78 bits per heavy atom. The maximum Gasteiger partial charge on any atom is 0.255 e. The summed E-state index contributed by atoms with van der Waals surface area (Å²) >= 11 is 0. The molecule has 0 saturated heterocycles. The van der Waals surface area contributed by atoms with Crippen LogP contribution in [0.4, 0.5) is 5.69 Å². The number of nitrogens with two attached hydrogens (primary N) is 1. The van der Waals surface area contributed by atoms with E-state index in [1.54, 1.807) is 18.2 Å². The van der Waals surface area contributed by atoms with E-state index < -0.39 is 0 Å². The van der Waals surface area contributed by atoms with E-state index in [0.29, 0.717) is 30.2 Å². The molecule has 0 heterocycles. The van der Waals surface area contributed by atoms with Crippen LogP contribution in [0, 0.1) is 0 Å². The molecule has 0 fully saturated rings. The second-order valence-electron chi connectivity index (χ2n) is 4.17. The van der Waals surface area contributed by atoms with Gasteiger partial charge in [0.25, 0.3) is 5.91 Å². The summed E-state index contributed by atoms with van der Waals surface area (Å²) in [6, 6.07) is 5.12. The third kappa shape index (κ3) is 4.28. The molecule has 3 N–H and O–H groups in total. The van der Waals surface area contributed by atoms with Gasteiger partial charge in [0, 0.05) is 18.3 Å². The SMILES string of the molecule is CCCCCOc1cc(N)ccc1C(=O)NCC. The highest BCUT2D eigenvalue weighted by Crippen LogP contribution is 2.22. The Labute approximate surface area is 109 Å². The fourth-order valence-corrected chi connectivity index (χ4v) is 1.64. The minimum Gasteiger partial charge on any atom is -0.493 e. The molecule has 0 aliphatic rings. The lowest BCUT2D eigenvalue weighted by atomic mass is 10.1. The molecule has 1 aromatic rings. The monoisotopic (exact) mass is 250 g/mol. The van der Waals surface area contributed by atoms with Crippen molar-refractivity contribution in [2.45, 2.75) is 33.1 Å². The lowest BCUT2D eigenvalue weighted by molar-refractivity contribution is 0.0951. The third-order valence-electron chi connectivity index (χ3n) is 2.59. The number of ether oxygens (including phenoxy) is 1. The van der Waals surface area contributed by atoms with E-state index in [-0.39, 0.29) is 5.91 Å². The molecule has 0 unspecified atom stereocenters. The topological polar surface area (TPSA) is 64.3 Å². The molecule has 1 aromatic carbocycles. The summed E-state index contributed by atoms with van der Waals surface area (Å²) in [5.41, 5.74) is 6.87. The number of amides is 1. The van der Waals surface area contributed by atoms with Crippen molar-refractivity contribution in [1.82, 2.24) is 5.32 Å². The molecule has 0 saturated carbocycles. The minimum absolute atomic E-state index is 0.122. The smallest absolute Gasteiger partial charge is 0.255 e. The molecule has 0 bridgehead atoms. The molecule has 1 rings (SSSR count). The lowest BCUT2D eigenvalue weighted by Gasteiger charge is -2.11. The number of rotatable bonds is 7. The molecular weight excluding hydrogens is 228 g/mol. The number of anilines is 1. The molecular formula is C14H22N2O2. The summed E-state index contributed by atoms with van der Waals surface area (Å²) in [4.78, 5) is 11.8. The minimum atomic E-state index is -0.122. The van der Waals surface area contributed by atoms with Crippen LogP contribution in [0.3, 0.4) is 0 Å². The molecule has 4 nitrogen and oxygen atoms in total. The summed E-state index contributed by atoms with van der Waals surface area (Å²) in [5, 5.41) is 2.76. The first-order chi connectivity index (χ1) is 8.69. The van der Waals surface area contributed by atoms with Gasteiger partial charge in [-0.15, -0.1) is 0 Å². The number of benzene rings is 1. The van der Waals surface area contributed by atoms with Crippen molar-refractivity contribution in [3.8, 4) is 5.75 Å². The quantitative estimate of drug-likeness (QED) is 0.577. The van der Waals surface area contributed by atoms with E-state index in [4.69, 9.17) is 10.5 Å². The number of nitrogens with one attached hydrogen (secondary N) is 1. The molecule has 0 aromatic heterocycles. The van der Waals surface area contributed by atoms with Crippen LogP contribution >= 0.6 is 0 Å². The third-order valence-corrected chi connectivity index (χ3v) is 2.59. The number of unbranched alkanes of at least 4 members (excludes halogenated alkanes) is 2. The molecule has 1 amide bonds. The Balaban J connectivity index is 2.73. The number of nitrogen functional groups attached to an aromatic ring is 1. The van der Waals surface area contributed by atoms with Crippen LogP contribution in [0.2, 0.25) is 0 Å². The fourth-order valence-electron chi connectivity index (χ4n) is 1.64. The van der Waals surface area contributed by atoms with Gasteiger partial charge in [-0.2, -0.15) is 0 Å². The molecule has 0 atom stereocenters. The number of hydrogen-bond acceptors (Lipinski definition) is 3. The van der Waals surface area contributed by atoms with Crippen molar-refractivity contribution < 1.29 is 9.53 Å². The van der Waals surface area contributed by atoms with E-state index in [9.17, 15) is 4.79 Å². The van der Waals surface area contributed by atoms with Crippen molar-refractivity contribution in [3.63, 3.8) is 0 Å². The van der Waals surface area contributed by atoms with Crippen LogP contribution in [0.1, 0.15) is 43.5 Å². The van der Waals surface area contributed by atoms with E-state index in [2.05, 4.69) is 12.2 Å². The van der Waals surface area contributed by atoms with Crippen molar-refractivity contribution in [1.29, 1.82) is 0 Å². The molecule has 4 heteroatoms. The number of carbonyl (C=O) groups is 1. The van der Waals surface area contributed by atoms with Crippen molar-refractivity contribution >= 4 is 11.6 Å². The van der Waals surface area contributed by atoms with Gasteiger partial charge in [0.2, 0.25) is 0 Å². The highest BCUT2D eigenvalue weighted by molar-refractivity contribution is 5.97. The molecule has 18 heavy (non-hydrogen) atoms. The van der Waals surface area contributed by atoms with Gasteiger partial charge in [-0.25, -0.2) is 0 Å². The van der Waals surface area contributed by atoms with Gasteiger partial charge >= 0.3 is 0 Å². The maximum atomic E-state index is 11.8. The van der Waals surface area contributed by atoms with Crippen LogP contribution in [-0.4, -0.2) is 19.1 Å². The van der Waals surface area contributed by atoms with Gasteiger partial charge in [0.1, 0.15) is 5.75 Å². The first-order valence-corrected chi connectivity index (χ1v) is 6.49. The summed E-state index contributed by atoms with van der Waals surface area (Å²) in [5.74, 6) is 0.444. The predicted molar refractivity (Wildman–Crippen MR) is 73.9 cm³/mol. The van der Waals surface area contributed by atoms with Crippen LogP contribution in [0.15, 0.2) is 18.2 Å². The summed E-state index contributed by atoms with van der Waals surface area (Å²) < 4.78 is 5.65. The largest absolute Gasteiger partial charge is 0.493 e. The van der Waals surface area contributed by atoms with Gasteiger partial charge in [-0.1, -0.05) is 19.8 Å². The first kappa shape index (κ1) is 14.4. The van der Waals surface area contributed by atoms with Crippen LogP contribution in [0.5, 0.6) is 5.75 Å². The molecule has 0 aliphatic heterocycles. The molecule has 0 radical (unpaired) electrons. The zero-order valence-electron chi connectivity index (χ0n) is 11.2. The average Bonchev–Trinajstić information content (AvgIpc) is 2.35. The lowest BCUT2D eigenvalue weighted by Crippen LogP contribution is -2.23. The van der Waals surface area contributed by atoms with Crippen LogP contribution in [0.25, 0.3) is 0 Å². The Hall–Kier alpha value is -1.71. The second-order valence-corrected chi connectivity index (χ2v) is 4.17. The number of carbonyl (C=O) groups excluding carboxylic acids is 1. The van der Waals surface area contributed by atoms with Crippen molar-refractivity contribution in [2.75, 3.05) is 18.9 Å². The van der Waals surface area contributed by atoms with Gasteiger partial charge in [0.15, 0.2) is 0 Å². The van der Waals surface area contributed by atoms with Crippen LogP contribution < -0.4 is 15.8 Å². The fraction of sp³-hybridized carbons (Fsp3) is 0.500.